The third-order valence-electron chi connectivity index (χ3n) is 5.00. The second kappa shape index (κ2) is 9.32. The lowest BCUT2D eigenvalue weighted by atomic mass is 10.2. The minimum Gasteiger partial charge on any atom is -0.376 e. The van der Waals surface area contributed by atoms with Gasteiger partial charge in [-0.3, -0.25) is 14.2 Å². The van der Waals surface area contributed by atoms with Gasteiger partial charge in [-0.05, 0) is 56.2 Å². The van der Waals surface area contributed by atoms with E-state index in [-0.39, 0.29) is 17.6 Å². The number of carbonyl (C=O) groups excluding carboxylic acids is 1. The summed E-state index contributed by atoms with van der Waals surface area (Å²) in [5, 5.41) is 3.59. The molecule has 6 nitrogen and oxygen atoms in total. The SMILES string of the molecule is CC(Sc1nc2ccccc2c(=O)n1CC1CCCO1)C(=O)Nc1ccc(Br)cc1. The summed E-state index contributed by atoms with van der Waals surface area (Å²) in [5.41, 5.74) is 1.26. The molecule has 2 aromatic carbocycles. The maximum absolute atomic E-state index is 13.2. The molecule has 0 saturated carbocycles. The Morgan fingerprint density at radius 1 is 1.30 bits per heavy atom. The summed E-state index contributed by atoms with van der Waals surface area (Å²) in [5.74, 6) is -0.145. The van der Waals surface area contributed by atoms with Crippen LogP contribution in [0.2, 0.25) is 0 Å². The first kappa shape index (κ1) is 21.1. The van der Waals surface area contributed by atoms with Crippen LogP contribution < -0.4 is 10.9 Å². The van der Waals surface area contributed by atoms with E-state index in [0.717, 1.165) is 29.6 Å². The summed E-state index contributed by atoms with van der Waals surface area (Å²) in [6, 6.07) is 14.7. The van der Waals surface area contributed by atoms with Crippen molar-refractivity contribution < 1.29 is 9.53 Å². The van der Waals surface area contributed by atoms with E-state index in [9.17, 15) is 9.59 Å². The number of rotatable bonds is 6. The van der Waals surface area contributed by atoms with Gasteiger partial charge in [0.2, 0.25) is 5.91 Å². The number of nitrogens with zero attached hydrogens (tertiary/aromatic N) is 2. The molecule has 1 aromatic heterocycles. The number of hydrogen-bond donors (Lipinski definition) is 1. The van der Waals surface area contributed by atoms with E-state index < -0.39 is 5.25 Å². The Balaban J connectivity index is 1.60. The maximum Gasteiger partial charge on any atom is 0.262 e. The van der Waals surface area contributed by atoms with Gasteiger partial charge < -0.3 is 10.1 Å². The molecule has 0 radical (unpaired) electrons. The first-order chi connectivity index (χ1) is 14.5. The monoisotopic (exact) mass is 487 g/mol. The summed E-state index contributed by atoms with van der Waals surface area (Å²) in [7, 11) is 0. The van der Waals surface area contributed by atoms with Crippen LogP contribution in [-0.2, 0) is 16.1 Å². The maximum atomic E-state index is 13.2. The van der Waals surface area contributed by atoms with E-state index in [1.54, 1.807) is 10.6 Å². The number of aromatic nitrogens is 2. The summed E-state index contributed by atoms with van der Waals surface area (Å²) < 4.78 is 8.35. The number of amides is 1. The number of nitrogens with one attached hydrogen (secondary N) is 1. The molecule has 1 N–H and O–H groups in total. The van der Waals surface area contributed by atoms with Crippen molar-refractivity contribution in [2.24, 2.45) is 0 Å². The van der Waals surface area contributed by atoms with Gasteiger partial charge in [0.05, 0.1) is 28.8 Å². The molecule has 30 heavy (non-hydrogen) atoms. The number of thioether (sulfide) groups is 1. The fourth-order valence-electron chi connectivity index (χ4n) is 3.38. The van der Waals surface area contributed by atoms with Crippen LogP contribution in [0.4, 0.5) is 5.69 Å². The van der Waals surface area contributed by atoms with Crippen molar-refractivity contribution in [3.8, 4) is 0 Å². The highest BCUT2D eigenvalue weighted by atomic mass is 79.9. The Kier molecular flexibility index (Phi) is 6.55. The van der Waals surface area contributed by atoms with E-state index >= 15 is 0 Å². The van der Waals surface area contributed by atoms with Gasteiger partial charge in [0.15, 0.2) is 5.16 Å². The van der Waals surface area contributed by atoms with E-state index in [2.05, 4.69) is 21.2 Å². The zero-order valence-corrected chi connectivity index (χ0v) is 18.9. The highest BCUT2D eigenvalue weighted by Crippen LogP contribution is 2.25. The zero-order chi connectivity index (χ0) is 21.1. The normalized spacial score (nSPS) is 17.2. The predicted octanol–water partition coefficient (Wildman–Crippen LogP) is 4.46. The molecule has 0 bridgehead atoms. The summed E-state index contributed by atoms with van der Waals surface area (Å²) >= 11 is 4.68. The van der Waals surface area contributed by atoms with Crippen LogP contribution in [0.25, 0.3) is 10.9 Å². The summed E-state index contributed by atoms with van der Waals surface area (Å²) in [6.45, 7) is 2.98. The summed E-state index contributed by atoms with van der Waals surface area (Å²) in [4.78, 5) is 30.6. The van der Waals surface area contributed by atoms with Gasteiger partial charge in [-0.1, -0.05) is 39.8 Å². The molecular weight excluding hydrogens is 466 g/mol. The molecule has 2 unspecified atom stereocenters. The lowest BCUT2D eigenvalue weighted by Gasteiger charge is -2.18. The Bertz CT molecular complexity index is 1110. The van der Waals surface area contributed by atoms with Gasteiger partial charge in [0.1, 0.15) is 0 Å². The molecule has 1 aliphatic heterocycles. The topological polar surface area (TPSA) is 73.2 Å². The largest absolute Gasteiger partial charge is 0.376 e. The van der Waals surface area contributed by atoms with Crippen molar-refractivity contribution in [3.63, 3.8) is 0 Å². The first-order valence-corrected chi connectivity index (χ1v) is 11.5. The fourth-order valence-corrected chi connectivity index (χ4v) is 4.56. The van der Waals surface area contributed by atoms with Crippen molar-refractivity contribution in [2.75, 3.05) is 11.9 Å². The van der Waals surface area contributed by atoms with E-state index in [0.29, 0.717) is 22.6 Å². The van der Waals surface area contributed by atoms with Crippen LogP contribution in [0.3, 0.4) is 0 Å². The zero-order valence-electron chi connectivity index (χ0n) is 16.5. The second-order valence-electron chi connectivity index (χ2n) is 7.22. The first-order valence-electron chi connectivity index (χ1n) is 9.85. The molecule has 3 aromatic rings. The average Bonchev–Trinajstić information content (AvgIpc) is 3.26. The summed E-state index contributed by atoms with van der Waals surface area (Å²) in [6.07, 6.45) is 1.91. The molecular formula is C22H22BrN3O3S. The van der Waals surface area contributed by atoms with Crippen LogP contribution in [0.5, 0.6) is 0 Å². The van der Waals surface area contributed by atoms with Crippen LogP contribution >= 0.6 is 27.7 Å². The number of carbonyl (C=O) groups is 1. The highest BCUT2D eigenvalue weighted by Gasteiger charge is 2.23. The van der Waals surface area contributed by atoms with Crippen LogP contribution in [0.1, 0.15) is 19.8 Å². The number of fused-ring (bicyclic) bond motifs is 1. The Morgan fingerprint density at radius 3 is 2.80 bits per heavy atom. The van der Waals surface area contributed by atoms with Crippen LogP contribution in [-0.4, -0.2) is 33.4 Å². The molecule has 0 spiro atoms. The van der Waals surface area contributed by atoms with Crippen molar-refractivity contribution in [3.05, 3.63) is 63.4 Å². The average molecular weight is 488 g/mol. The van der Waals surface area contributed by atoms with Gasteiger partial charge in [-0.15, -0.1) is 0 Å². The van der Waals surface area contributed by atoms with E-state index in [1.807, 2.05) is 49.4 Å². The number of anilines is 1. The minimum atomic E-state index is -0.433. The van der Waals surface area contributed by atoms with Crippen molar-refractivity contribution in [2.45, 2.75) is 42.8 Å². The number of para-hydroxylation sites is 1. The molecule has 2 heterocycles. The van der Waals surface area contributed by atoms with Crippen molar-refractivity contribution >= 4 is 50.2 Å². The molecule has 1 saturated heterocycles. The Hall–Kier alpha value is -2.16. The van der Waals surface area contributed by atoms with Crippen molar-refractivity contribution in [1.29, 1.82) is 0 Å². The minimum absolute atomic E-state index is 0.00286. The molecule has 1 fully saturated rings. The molecule has 8 heteroatoms. The Labute approximate surface area is 187 Å². The highest BCUT2D eigenvalue weighted by molar-refractivity contribution is 9.10. The smallest absolute Gasteiger partial charge is 0.262 e. The number of hydrogen-bond acceptors (Lipinski definition) is 5. The number of benzene rings is 2. The van der Waals surface area contributed by atoms with Gasteiger partial charge in [0, 0.05) is 16.8 Å². The molecule has 1 aliphatic rings. The molecule has 2 atom stereocenters. The Morgan fingerprint density at radius 2 is 2.07 bits per heavy atom. The molecule has 156 valence electrons. The fraction of sp³-hybridized carbons (Fsp3) is 0.318. The lowest BCUT2D eigenvalue weighted by Crippen LogP contribution is -2.30. The molecule has 1 amide bonds. The third kappa shape index (κ3) is 4.77. The number of halogens is 1. The van der Waals surface area contributed by atoms with Gasteiger partial charge in [0.25, 0.3) is 5.56 Å². The second-order valence-corrected chi connectivity index (χ2v) is 9.44. The van der Waals surface area contributed by atoms with Gasteiger partial charge >= 0.3 is 0 Å². The van der Waals surface area contributed by atoms with Gasteiger partial charge in [-0.2, -0.15) is 0 Å². The van der Waals surface area contributed by atoms with Crippen LogP contribution in [0, 0.1) is 0 Å². The quantitative estimate of drug-likeness (QED) is 0.410. The molecule has 4 rings (SSSR count). The molecule has 0 aliphatic carbocycles. The van der Waals surface area contributed by atoms with Gasteiger partial charge in [-0.25, -0.2) is 4.98 Å². The number of ether oxygens (including phenoxy) is 1. The lowest BCUT2D eigenvalue weighted by molar-refractivity contribution is -0.115. The third-order valence-corrected chi connectivity index (χ3v) is 6.62. The van der Waals surface area contributed by atoms with Crippen LogP contribution in [0.15, 0.2) is 63.0 Å². The van der Waals surface area contributed by atoms with Crippen molar-refractivity contribution in [1.82, 2.24) is 9.55 Å². The van der Waals surface area contributed by atoms with E-state index in [1.165, 1.54) is 11.8 Å². The predicted molar refractivity (Wildman–Crippen MR) is 123 cm³/mol. The van der Waals surface area contributed by atoms with E-state index in [4.69, 9.17) is 9.72 Å². The standard InChI is InChI=1S/C22H22BrN3O3S/c1-14(20(27)24-16-10-8-15(23)9-11-16)30-22-25-19-7-3-2-6-18(19)21(28)26(22)13-17-5-4-12-29-17/h2-3,6-11,14,17H,4-5,12-13H2,1H3,(H,24,27).